The summed E-state index contributed by atoms with van der Waals surface area (Å²) in [5, 5.41) is 16.8. The number of carboxylic acid groups (broad SMARTS) is 2. The van der Waals surface area contributed by atoms with Gasteiger partial charge < -0.3 is 10.2 Å². The summed E-state index contributed by atoms with van der Waals surface area (Å²) in [5.74, 6) is -1.33. The molecule has 4 heteroatoms. The summed E-state index contributed by atoms with van der Waals surface area (Å²) in [5.41, 5.74) is 0. The summed E-state index contributed by atoms with van der Waals surface area (Å²) in [6, 6.07) is 0. The molecule has 0 spiro atoms. The van der Waals surface area contributed by atoms with Crippen molar-refractivity contribution in [2.45, 2.75) is 142 Å². The molecule has 0 amide bonds. The minimum absolute atomic E-state index is 0.332. The molecule has 0 bridgehead atoms. The first-order chi connectivity index (χ1) is 14.5. The van der Waals surface area contributed by atoms with Crippen LogP contribution in [0, 0.1) is 0 Å². The van der Waals surface area contributed by atoms with E-state index in [2.05, 4.69) is 26.0 Å². The summed E-state index contributed by atoms with van der Waals surface area (Å²) >= 11 is 0. The maximum absolute atomic E-state index is 10.3. The van der Waals surface area contributed by atoms with Crippen molar-refractivity contribution < 1.29 is 19.8 Å². The zero-order valence-electron chi connectivity index (χ0n) is 20.0. The van der Waals surface area contributed by atoms with E-state index in [4.69, 9.17) is 10.2 Å². The van der Waals surface area contributed by atoms with Gasteiger partial charge in [0.1, 0.15) is 0 Å². The smallest absolute Gasteiger partial charge is 0.303 e. The topological polar surface area (TPSA) is 74.6 Å². The van der Waals surface area contributed by atoms with Crippen LogP contribution < -0.4 is 0 Å². The number of rotatable bonds is 21. The number of hydrogen-bond donors (Lipinski definition) is 2. The number of unbranched alkanes of at least 4 members (excludes halogenated alkanes) is 15. The van der Waals surface area contributed by atoms with Crippen LogP contribution >= 0.6 is 0 Å². The van der Waals surface area contributed by atoms with Crippen molar-refractivity contribution in [1.82, 2.24) is 0 Å². The molecule has 30 heavy (non-hydrogen) atoms. The summed E-state index contributed by atoms with van der Waals surface area (Å²) in [6.07, 6.45) is 27.1. The third-order valence-corrected chi connectivity index (χ3v) is 5.15. The van der Waals surface area contributed by atoms with Gasteiger partial charge in [0.25, 0.3) is 0 Å². The molecule has 0 fully saturated rings. The molecular formula is C26H50O4. The Morgan fingerprint density at radius 2 is 0.800 bits per heavy atom. The highest BCUT2D eigenvalue weighted by molar-refractivity contribution is 5.66. The maximum atomic E-state index is 10.3. The Morgan fingerprint density at radius 3 is 1.13 bits per heavy atom. The number of carboxylic acids is 2. The summed E-state index contributed by atoms with van der Waals surface area (Å²) in [4.78, 5) is 20.4. The molecule has 0 unspecified atom stereocenters. The Kier molecular flexibility index (Phi) is 28.5. The second-order valence-electron chi connectivity index (χ2n) is 8.29. The molecule has 4 nitrogen and oxygen atoms in total. The highest BCUT2D eigenvalue weighted by Crippen LogP contribution is 2.10. The summed E-state index contributed by atoms with van der Waals surface area (Å²) in [6.45, 7) is 4.41. The number of carbonyl (C=O) groups is 2. The zero-order chi connectivity index (χ0) is 22.7. The van der Waals surface area contributed by atoms with Gasteiger partial charge in [0, 0.05) is 12.8 Å². The predicted molar refractivity (Wildman–Crippen MR) is 128 cm³/mol. The van der Waals surface area contributed by atoms with E-state index in [1.165, 1.54) is 89.9 Å². The first-order valence-electron chi connectivity index (χ1n) is 12.6. The normalized spacial score (nSPS) is 10.7. The fourth-order valence-electron chi connectivity index (χ4n) is 3.23. The van der Waals surface area contributed by atoms with Crippen LogP contribution in [0.15, 0.2) is 12.2 Å². The molecule has 0 atom stereocenters. The number of allylic oxidation sites excluding steroid dienone is 2. The van der Waals surface area contributed by atoms with Crippen LogP contribution in [0.3, 0.4) is 0 Å². The first-order valence-corrected chi connectivity index (χ1v) is 12.6. The molecule has 2 N–H and O–H groups in total. The maximum Gasteiger partial charge on any atom is 0.303 e. The molecule has 178 valence electrons. The van der Waals surface area contributed by atoms with Gasteiger partial charge >= 0.3 is 11.9 Å². The highest BCUT2D eigenvalue weighted by Gasteiger charge is 1.96. The van der Waals surface area contributed by atoms with Crippen molar-refractivity contribution in [2.24, 2.45) is 0 Å². The Hall–Kier alpha value is -1.32. The van der Waals surface area contributed by atoms with Crippen molar-refractivity contribution in [3.05, 3.63) is 12.2 Å². The quantitative estimate of drug-likeness (QED) is 0.142. The van der Waals surface area contributed by atoms with Crippen LogP contribution in [0.5, 0.6) is 0 Å². The van der Waals surface area contributed by atoms with Crippen molar-refractivity contribution in [2.75, 3.05) is 0 Å². The van der Waals surface area contributed by atoms with Crippen molar-refractivity contribution in [3.8, 4) is 0 Å². The fraction of sp³-hybridized carbons (Fsp3) is 0.846. The molecule has 0 saturated heterocycles. The van der Waals surface area contributed by atoms with Gasteiger partial charge in [-0.3, -0.25) is 9.59 Å². The molecule has 0 radical (unpaired) electrons. The lowest BCUT2D eigenvalue weighted by atomic mass is 10.1. The van der Waals surface area contributed by atoms with Crippen LogP contribution in [-0.4, -0.2) is 22.2 Å². The van der Waals surface area contributed by atoms with E-state index in [-0.39, 0.29) is 0 Å². The lowest BCUT2D eigenvalue weighted by Gasteiger charge is -1.99. The van der Waals surface area contributed by atoms with Gasteiger partial charge in [0.05, 0.1) is 0 Å². The molecule has 0 aliphatic heterocycles. The monoisotopic (exact) mass is 426 g/mol. The number of aliphatic carboxylic acids is 2. The largest absolute Gasteiger partial charge is 0.481 e. The number of hydrogen-bond acceptors (Lipinski definition) is 2. The molecule has 0 aliphatic carbocycles. The Morgan fingerprint density at radius 1 is 0.500 bits per heavy atom. The van der Waals surface area contributed by atoms with Gasteiger partial charge in [-0.25, -0.2) is 0 Å². The molecular weight excluding hydrogens is 376 g/mol. The van der Waals surface area contributed by atoms with E-state index < -0.39 is 11.9 Å². The van der Waals surface area contributed by atoms with E-state index in [1.807, 2.05) is 0 Å². The Balaban J connectivity index is 0. The van der Waals surface area contributed by atoms with E-state index in [0.29, 0.717) is 12.8 Å². The predicted octanol–water partition coefficient (Wildman–Crippen LogP) is 8.54. The second-order valence-corrected chi connectivity index (χ2v) is 8.29. The molecule has 0 rings (SSSR count). The van der Waals surface area contributed by atoms with E-state index in [1.54, 1.807) is 0 Å². The lowest BCUT2D eigenvalue weighted by molar-refractivity contribution is -0.138. The third kappa shape index (κ3) is 34.2. The average molecular weight is 427 g/mol. The van der Waals surface area contributed by atoms with Crippen molar-refractivity contribution >= 4 is 11.9 Å². The highest BCUT2D eigenvalue weighted by atomic mass is 16.4. The van der Waals surface area contributed by atoms with Crippen LogP contribution in [0.4, 0.5) is 0 Å². The van der Waals surface area contributed by atoms with Crippen molar-refractivity contribution in [3.63, 3.8) is 0 Å². The van der Waals surface area contributed by atoms with Gasteiger partial charge in [-0.15, -0.1) is 0 Å². The molecule has 0 aromatic rings. The van der Waals surface area contributed by atoms with E-state index >= 15 is 0 Å². The Bertz CT molecular complexity index is 390. The zero-order valence-corrected chi connectivity index (χ0v) is 20.0. The van der Waals surface area contributed by atoms with Gasteiger partial charge in [0.15, 0.2) is 0 Å². The lowest BCUT2D eigenvalue weighted by Crippen LogP contribution is -1.93. The standard InChI is InChI=1S/C18H34O2.C8H16O2/c1-2-3-4-5-6-7-8-9-10-11-12-13-14-15-16-17-18(19)20;1-2-3-4-5-6-7-8(9)10/h9-10H,2-8,11-17H2,1H3,(H,19,20);2-7H2,1H3,(H,9,10)/b10-9-;. The van der Waals surface area contributed by atoms with Crippen LogP contribution in [0.1, 0.15) is 142 Å². The van der Waals surface area contributed by atoms with Gasteiger partial charge in [-0.2, -0.15) is 0 Å². The fourth-order valence-corrected chi connectivity index (χ4v) is 3.23. The van der Waals surface area contributed by atoms with Crippen LogP contribution in [0.2, 0.25) is 0 Å². The van der Waals surface area contributed by atoms with Crippen LogP contribution in [0.25, 0.3) is 0 Å². The van der Waals surface area contributed by atoms with Gasteiger partial charge in [0.2, 0.25) is 0 Å². The summed E-state index contributed by atoms with van der Waals surface area (Å²) < 4.78 is 0. The molecule has 0 heterocycles. The SMILES string of the molecule is CCCCCCCC(=O)O.CCCCCCCC/C=C\CCCCCCCC(=O)O. The minimum atomic E-state index is -0.670. The van der Waals surface area contributed by atoms with Gasteiger partial charge in [-0.1, -0.05) is 103 Å². The molecule has 0 aromatic heterocycles. The van der Waals surface area contributed by atoms with E-state index in [9.17, 15) is 9.59 Å². The third-order valence-electron chi connectivity index (χ3n) is 5.15. The summed E-state index contributed by atoms with van der Waals surface area (Å²) in [7, 11) is 0. The van der Waals surface area contributed by atoms with Crippen molar-refractivity contribution in [1.29, 1.82) is 0 Å². The Labute approximate surface area is 186 Å². The van der Waals surface area contributed by atoms with Gasteiger partial charge in [-0.05, 0) is 38.5 Å². The molecule has 0 aromatic carbocycles. The molecule has 0 saturated carbocycles. The minimum Gasteiger partial charge on any atom is -0.481 e. The second kappa shape index (κ2) is 27.7. The first kappa shape index (κ1) is 30.9. The van der Waals surface area contributed by atoms with E-state index in [0.717, 1.165) is 25.7 Å². The molecule has 0 aliphatic rings. The van der Waals surface area contributed by atoms with Crippen LogP contribution in [-0.2, 0) is 9.59 Å². The average Bonchev–Trinajstić information content (AvgIpc) is 2.71.